The van der Waals surface area contributed by atoms with E-state index in [0.29, 0.717) is 10.9 Å². The SMILES string of the molecule is Cc1cc(NC(=O)C(C)(C)C)n(-c2nc(-c3ccc4c(c3)OCO4)cs2)n1. The number of thiazole rings is 1. The van der Waals surface area contributed by atoms with Crippen molar-refractivity contribution in [2.75, 3.05) is 12.1 Å². The fourth-order valence-electron chi connectivity index (χ4n) is 2.59. The second kappa shape index (κ2) is 6.38. The topological polar surface area (TPSA) is 78.3 Å². The molecular weight excluding hydrogens is 364 g/mol. The molecule has 0 fully saturated rings. The molecule has 27 heavy (non-hydrogen) atoms. The van der Waals surface area contributed by atoms with Crippen molar-refractivity contribution in [1.82, 2.24) is 14.8 Å². The lowest BCUT2D eigenvalue weighted by molar-refractivity contribution is -0.123. The fraction of sp³-hybridized carbons (Fsp3) is 0.316. The van der Waals surface area contributed by atoms with Crippen molar-refractivity contribution in [2.24, 2.45) is 5.41 Å². The van der Waals surface area contributed by atoms with E-state index >= 15 is 0 Å². The van der Waals surface area contributed by atoms with E-state index in [2.05, 4.69) is 10.4 Å². The van der Waals surface area contributed by atoms with E-state index in [1.165, 1.54) is 11.3 Å². The first-order chi connectivity index (χ1) is 12.8. The van der Waals surface area contributed by atoms with Gasteiger partial charge in [-0.15, -0.1) is 11.3 Å². The molecule has 3 heterocycles. The Labute approximate surface area is 161 Å². The molecule has 0 radical (unpaired) electrons. The van der Waals surface area contributed by atoms with Crippen LogP contribution in [0.4, 0.5) is 5.82 Å². The van der Waals surface area contributed by atoms with Crippen LogP contribution in [0, 0.1) is 12.3 Å². The van der Waals surface area contributed by atoms with Gasteiger partial charge in [0.1, 0.15) is 5.82 Å². The van der Waals surface area contributed by atoms with Crippen molar-refractivity contribution in [3.63, 3.8) is 0 Å². The van der Waals surface area contributed by atoms with Crippen molar-refractivity contribution in [2.45, 2.75) is 27.7 Å². The molecule has 4 rings (SSSR count). The van der Waals surface area contributed by atoms with Crippen molar-refractivity contribution >= 4 is 23.1 Å². The van der Waals surface area contributed by atoms with E-state index in [9.17, 15) is 4.79 Å². The lowest BCUT2D eigenvalue weighted by Crippen LogP contribution is -2.28. The van der Waals surface area contributed by atoms with Crippen LogP contribution in [0.2, 0.25) is 0 Å². The molecule has 1 aliphatic heterocycles. The van der Waals surface area contributed by atoms with E-state index in [0.717, 1.165) is 28.5 Å². The highest BCUT2D eigenvalue weighted by Crippen LogP contribution is 2.36. The summed E-state index contributed by atoms with van der Waals surface area (Å²) in [6, 6.07) is 7.58. The summed E-state index contributed by atoms with van der Waals surface area (Å²) in [6.45, 7) is 7.74. The van der Waals surface area contributed by atoms with Crippen LogP contribution in [0.5, 0.6) is 11.5 Å². The number of anilines is 1. The quantitative estimate of drug-likeness (QED) is 0.738. The summed E-state index contributed by atoms with van der Waals surface area (Å²) >= 11 is 1.46. The lowest BCUT2D eigenvalue weighted by atomic mass is 9.96. The van der Waals surface area contributed by atoms with E-state index in [-0.39, 0.29) is 12.7 Å². The first-order valence-corrected chi connectivity index (χ1v) is 9.43. The van der Waals surface area contributed by atoms with Crippen LogP contribution in [0.15, 0.2) is 29.6 Å². The molecule has 0 saturated carbocycles. The number of benzene rings is 1. The van der Waals surface area contributed by atoms with Gasteiger partial charge in [0, 0.05) is 22.4 Å². The summed E-state index contributed by atoms with van der Waals surface area (Å²) < 4.78 is 12.5. The van der Waals surface area contributed by atoms with Gasteiger partial charge < -0.3 is 14.8 Å². The molecule has 1 aromatic carbocycles. The van der Waals surface area contributed by atoms with E-state index < -0.39 is 5.41 Å². The maximum absolute atomic E-state index is 12.4. The van der Waals surface area contributed by atoms with Crippen molar-refractivity contribution in [3.8, 4) is 27.9 Å². The minimum atomic E-state index is -0.496. The smallest absolute Gasteiger partial charge is 0.231 e. The highest BCUT2D eigenvalue weighted by atomic mass is 32.1. The van der Waals surface area contributed by atoms with Crippen LogP contribution < -0.4 is 14.8 Å². The van der Waals surface area contributed by atoms with Crippen molar-refractivity contribution < 1.29 is 14.3 Å². The maximum Gasteiger partial charge on any atom is 0.231 e. The zero-order valence-electron chi connectivity index (χ0n) is 15.6. The fourth-order valence-corrected chi connectivity index (χ4v) is 3.38. The van der Waals surface area contributed by atoms with Gasteiger partial charge in [0.05, 0.1) is 11.4 Å². The number of fused-ring (bicyclic) bond motifs is 1. The van der Waals surface area contributed by atoms with Gasteiger partial charge in [0.25, 0.3) is 0 Å². The van der Waals surface area contributed by atoms with Crippen LogP contribution in [0.1, 0.15) is 26.5 Å². The third-order valence-corrected chi connectivity index (χ3v) is 4.91. The summed E-state index contributed by atoms with van der Waals surface area (Å²) in [5, 5.41) is 10.1. The molecule has 0 atom stereocenters. The number of carbonyl (C=O) groups is 1. The minimum absolute atomic E-state index is 0.0730. The number of ether oxygens (including phenoxy) is 2. The summed E-state index contributed by atoms with van der Waals surface area (Å²) in [4.78, 5) is 17.1. The second-order valence-corrected chi connectivity index (χ2v) is 8.21. The molecule has 8 heteroatoms. The molecule has 0 unspecified atom stereocenters. The minimum Gasteiger partial charge on any atom is -0.454 e. The Morgan fingerprint density at radius 1 is 1.22 bits per heavy atom. The summed E-state index contributed by atoms with van der Waals surface area (Å²) in [7, 11) is 0. The Morgan fingerprint density at radius 2 is 2.00 bits per heavy atom. The first kappa shape index (κ1) is 17.5. The molecule has 1 aliphatic rings. The number of carbonyl (C=O) groups excluding carboxylic acids is 1. The average Bonchev–Trinajstić information content (AvgIpc) is 3.32. The Bertz CT molecular complexity index is 1020. The van der Waals surface area contributed by atoms with Crippen LogP contribution in [0.3, 0.4) is 0 Å². The molecule has 140 valence electrons. The molecule has 0 bridgehead atoms. The Kier molecular flexibility index (Phi) is 4.15. The molecule has 0 spiro atoms. The van der Waals surface area contributed by atoms with Crippen LogP contribution in [0.25, 0.3) is 16.4 Å². The zero-order valence-corrected chi connectivity index (χ0v) is 16.4. The maximum atomic E-state index is 12.4. The Balaban J connectivity index is 1.65. The highest BCUT2D eigenvalue weighted by molar-refractivity contribution is 7.12. The van der Waals surface area contributed by atoms with Crippen LogP contribution in [-0.2, 0) is 4.79 Å². The van der Waals surface area contributed by atoms with Gasteiger partial charge in [-0.3, -0.25) is 4.79 Å². The van der Waals surface area contributed by atoms with Gasteiger partial charge in [-0.2, -0.15) is 9.78 Å². The number of nitrogens with one attached hydrogen (secondary N) is 1. The molecule has 3 aromatic rings. The first-order valence-electron chi connectivity index (χ1n) is 8.55. The monoisotopic (exact) mass is 384 g/mol. The Hall–Kier alpha value is -2.87. The predicted molar refractivity (Wildman–Crippen MR) is 104 cm³/mol. The Morgan fingerprint density at radius 3 is 2.78 bits per heavy atom. The number of aromatic nitrogens is 3. The summed E-state index contributed by atoms with van der Waals surface area (Å²) in [6.07, 6.45) is 0. The standard InChI is InChI=1S/C19H20N4O3S/c1-11-7-16(21-17(24)19(2,3)4)23(22-11)18-20-13(9-27-18)12-5-6-14-15(8-12)26-10-25-14/h5-9H,10H2,1-4H3,(H,21,24). The zero-order chi connectivity index (χ0) is 19.2. The molecule has 1 amide bonds. The van der Waals surface area contributed by atoms with Crippen molar-refractivity contribution in [3.05, 3.63) is 35.3 Å². The summed E-state index contributed by atoms with van der Waals surface area (Å²) in [5.41, 5.74) is 2.06. The largest absolute Gasteiger partial charge is 0.454 e. The number of hydrogen-bond acceptors (Lipinski definition) is 6. The molecule has 7 nitrogen and oxygen atoms in total. The number of amides is 1. The molecule has 0 aliphatic carbocycles. The van der Waals surface area contributed by atoms with E-state index in [1.807, 2.05) is 57.3 Å². The van der Waals surface area contributed by atoms with Gasteiger partial charge in [-0.25, -0.2) is 4.98 Å². The van der Waals surface area contributed by atoms with E-state index in [1.54, 1.807) is 4.68 Å². The molecule has 0 saturated heterocycles. The summed E-state index contributed by atoms with van der Waals surface area (Å²) in [5.74, 6) is 1.99. The molecule has 1 N–H and O–H groups in total. The van der Waals surface area contributed by atoms with Gasteiger partial charge in [0.15, 0.2) is 11.5 Å². The number of rotatable bonds is 3. The third kappa shape index (κ3) is 3.40. The lowest BCUT2D eigenvalue weighted by Gasteiger charge is -2.17. The average molecular weight is 384 g/mol. The normalized spacial score (nSPS) is 13.0. The number of nitrogens with zero attached hydrogens (tertiary/aromatic N) is 3. The number of hydrogen-bond donors (Lipinski definition) is 1. The second-order valence-electron chi connectivity index (χ2n) is 7.37. The van der Waals surface area contributed by atoms with Gasteiger partial charge >= 0.3 is 0 Å². The van der Waals surface area contributed by atoms with Crippen LogP contribution >= 0.6 is 11.3 Å². The van der Waals surface area contributed by atoms with Crippen molar-refractivity contribution in [1.29, 1.82) is 0 Å². The predicted octanol–water partition coefficient (Wildman–Crippen LogP) is 4.02. The van der Waals surface area contributed by atoms with Gasteiger partial charge in [-0.05, 0) is 25.1 Å². The molecular formula is C19H20N4O3S. The van der Waals surface area contributed by atoms with Gasteiger partial charge in [-0.1, -0.05) is 20.8 Å². The van der Waals surface area contributed by atoms with Crippen LogP contribution in [-0.4, -0.2) is 27.5 Å². The van der Waals surface area contributed by atoms with Gasteiger partial charge in [0.2, 0.25) is 17.8 Å². The third-order valence-electron chi connectivity index (χ3n) is 4.10. The molecule has 2 aromatic heterocycles. The highest BCUT2D eigenvalue weighted by Gasteiger charge is 2.24. The van der Waals surface area contributed by atoms with E-state index in [4.69, 9.17) is 14.5 Å². The number of aryl methyl sites for hydroxylation is 1.